The number of carbonyl (C=O) groups excluding carboxylic acids is 1. The summed E-state index contributed by atoms with van der Waals surface area (Å²) in [4.78, 5) is 28.0. The average Bonchev–Trinajstić information content (AvgIpc) is 2.62. The van der Waals surface area contributed by atoms with Crippen LogP contribution in [0.25, 0.3) is 0 Å². The third-order valence-electron chi connectivity index (χ3n) is 3.56. The van der Waals surface area contributed by atoms with Crippen molar-refractivity contribution in [1.82, 2.24) is 4.98 Å². The summed E-state index contributed by atoms with van der Waals surface area (Å²) in [5.74, 6) is -0.868. The molecule has 25 heavy (non-hydrogen) atoms. The fourth-order valence-corrected chi connectivity index (χ4v) is 2.32. The number of pyridine rings is 1. The van der Waals surface area contributed by atoms with E-state index in [0.29, 0.717) is 5.69 Å². The van der Waals surface area contributed by atoms with E-state index in [2.05, 4.69) is 29.0 Å². The molecule has 0 fully saturated rings. The Kier molecular flexibility index (Phi) is 6.27. The smallest absolute Gasteiger partial charge is 0.406 e. The Balaban J connectivity index is 1.94. The van der Waals surface area contributed by atoms with Gasteiger partial charge in [0.2, 0.25) is 5.75 Å². The third kappa shape index (κ3) is 4.90. The number of nitro groups is 1. The fourth-order valence-electron chi connectivity index (χ4n) is 2.32. The number of rotatable bonds is 8. The van der Waals surface area contributed by atoms with Crippen molar-refractivity contribution < 1.29 is 14.5 Å². The third-order valence-corrected chi connectivity index (χ3v) is 3.56. The van der Waals surface area contributed by atoms with Gasteiger partial charge >= 0.3 is 5.82 Å². The van der Waals surface area contributed by atoms with Crippen molar-refractivity contribution in [3.8, 4) is 5.75 Å². The van der Waals surface area contributed by atoms with Gasteiger partial charge in [-0.05, 0) is 60.2 Å². The fraction of sp³-hybridized carbons (Fsp3) is 0.294. The number of hydrogen-bond donors (Lipinski definition) is 1. The Bertz CT molecular complexity index is 730. The molecule has 2 rings (SSSR count). The highest BCUT2D eigenvalue weighted by Crippen LogP contribution is 2.23. The number of ether oxygens (including phenoxy) is 1. The van der Waals surface area contributed by atoms with Crippen LogP contribution in [-0.2, 0) is 4.79 Å². The number of anilines is 2. The summed E-state index contributed by atoms with van der Waals surface area (Å²) in [7, 11) is 0. The van der Waals surface area contributed by atoms with Gasteiger partial charge in [0.1, 0.15) is 6.20 Å². The minimum absolute atomic E-state index is 0.0421. The normalized spacial score (nSPS) is 10.2. The van der Waals surface area contributed by atoms with Gasteiger partial charge in [-0.25, -0.2) is 0 Å². The number of carbonyl (C=O) groups is 1. The molecule has 1 amide bonds. The Hall–Kier alpha value is -3.16. The Morgan fingerprint density at radius 1 is 1.24 bits per heavy atom. The van der Waals surface area contributed by atoms with Crippen LogP contribution >= 0.6 is 0 Å². The SMILES string of the molecule is CCN(CC)c1ccc(NC(=O)COc2cccnc2[N+](=O)[O-])cc1. The quantitative estimate of drug-likeness (QED) is 0.584. The zero-order chi connectivity index (χ0) is 18.2. The van der Waals surface area contributed by atoms with Crippen molar-refractivity contribution in [2.24, 2.45) is 0 Å². The van der Waals surface area contributed by atoms with Crippen LogP contribution in [0.5, 0.6) is 5.75 Å². The predicted molar refractivity (Wildman–Crippen MR) is 95.0 cm³/mol. The standard InChI is InChI=1S/C17H20N4O4/c1-3-20(4-2)14-9-7-13(8-10-14)19-16(22)12-25-15-6-5-11-18-17(15)21(23)24/h5-11H,3-4,12H2,1-2H3,(H,19,22). The zero-order valence-electron chi connectivity index (χ0n) is 14.1. The molecule has 0 bridgehead atoms. The molecular weight excluding hydrogens is 324 g/mol. The van der Waals surface area contributed by atoms with Crippen LogP contribution in [0, 0.1) is 10.1 Å². The molecule has 0 aliphatic rings. The molecule has 0 atom stereocenters. The molecule has 0 saturated heterocycles. The summed E-state index contributed by atoms with van der Waals surface area (Å²) in [5.41, 5.74) is 1.70. The van der Waals surface area contributed by atoms with Gasteiger partial charge in [0.25, 0.3) is 5.91 Å². The lowest BCUT2D eigenvalue weighted by molar-refractivity contribution is -0.390. The Morgan fingerprint density at radius 2 is 1.92 bits per heavy atom. The summed E-state index contributed by atoms with van der Waals surface area (Å²) in [6.07, 6.45) is 1.29. The Morgan fingerprint density at radius 3 is 2.52 bits per heavy atom. The van der Waals surface area contributed by atoms with Gasteiger partial charge in [-0.2, -0.15) is 0 Å². The minimum Gasteiger partial charge on any atom is -0.476 e. The van der Waals surface area contributed by atoms with Gasteiger partial charge in [-0.15, -0.1) is 0 Å². The van der Waals surface area contributed by atoms with E-state index in [1.807, 2.05) is 12.1 Å². The maximum absolute atomic E-state index is 12.0. The van der Waals surface area contributed by atoms with E-state index in [4.69, 9.17) is 4.74 Å². The number of hydrogen-bond acceptors (Lipinski definition) is 6. The van der Waals surface area contributed by atoms with Crippen LogP contribution in [0.3, 0.4) is 0 Å². The van der Waals surface area contributed by atoms with E-state index in [-0.39, 0.29) is 12.4 Å². The first-order valence-electron chi connectivity index (χ1n) is 7.92. The van der Waals surface area contributed by atoms with Crippen molar-refractivity contribution >= 4 is 23.1 Å². The molecule has 1 N–H and O–H groups in total. The highest BCUT2D eigenvalue weighted by Gasteiger charge is 2.16. The topological polar surface area (TPSA) is 97.6 Å². The maximum atomic E-state index is 12.0. The molecule has 1 heterocycles. The first-order valence-corrected chi connectivity index (χ1v) is 7.92. The van der Waals surface area contributed by atoms with Gasteiger partial charge in [0.15, 0.2) is 6.61 Å². The van der Waals surface area contributed by atoms with Crippen molar-refractivity contribution in [1.29, 1.82) is 0 Å². The predicted octanol–water partition coefficient (Wildman–Crippen LogP) is 2.85. The molecule has 1 aromatic heterocycles. The van der Waals surface area contributed by atoms with Crippen LogP contribution in [0.2, 0.25) is 0 Å². The zero-order valence-corrected chi connectivity index (χ0v) is 14.1. The molecule has 0 saturated carbocycles. The van der Waals surface area contributed by atoms with Gasteiger partial charge in [0.05, 0.1) is 0 Å². The van der Waals surface area contributed by atoms with Crippen LogP contribution in [-0.4, -0.2) is 35.5 Å². The van der Waals surface area contributed by atoms with Crippen LogP contribution < -0.4 is 15.0 Å². The van der Waals surface area contributed by atoms with E-state index < -0.39 is 16.6 Å². The molecule has 8 heteroatoms. The van der Waals surface area contributed by atoms with E-state index in [1.54, 1.807) is 12.1 Å². The van der Waals surface area contributed by atoms with E-state index in [0.717, 1.165) is 18.8 Å². The van der Waals surface area contributed by atoms with Crippen molar-refractivity contribution in [3.63, 3.8) is 0 Å². The summed E-state index contributed by atoms with van der Waals surface area (Å²) >= 11 is 0. The molecule has 0 spiro atoms. The molecule has 0 radical (unpaired) electrons. The van der Waals surface area contributed by atoms with E-state index in [9.17, 15) is 14.9 Å². The molecule has 8 nitrogen and oxygen atoms in total. The summed E-state index contributed by atoms with van der Waals surface area (Å²) < 4.78 is 5.20. The number of benzene rings is 1. The first kappa shape index (κ1) is 18.2. The van der Waals surface area contributed by atoms with E-state index >= 15 is 0 Å². The summed E-state index contributed by atoms with van der Waals surface area (Å²) in [6, 6.07) is 10.4. The molecule has 1 aromatic carbocycles. The van der Waals surface area contributed by atoms with Crippen LogP contribution in [0.15, 0.2) is 42.6 Å². The van der Waals surface area contributed by atoms with Crippen molar-refractivity contribution in [3.05, 3.63) is 52.7 Å². The van der Waals surface area contributed by atoms with Gasteiger partial charge in [-0.1, -0.05) is 0 Å². The Labute approximate surface area is 145 Å². The van der Waals surface area contributed by atoms with Crippen molar-refractivity contribution in [2.45, 2.75) is 13.8 Å². The molecule has 0 unspecified atom stereocenters. The molecular formula is C17H20N4O4. The molecule has 0 aliphatic heterocycles. The molecule has 132 valence electrons. The highest BCUT2D eigenvalue weighted by molar-refractivity contribution is 5.92. The number of amides is 1. The monoisotopic (exact) mass is 344 g/mol. The van der Waals surface area contributed by atoms with Gasteiger partial charge < -0.3 is 25.1 Å². The lowest BCUT2D eigenvalue weighted by Gasteiger charge is -2.21. The van der Waals surface area contributed by atoms with Gasteiger partial charge in [-0.3, -0.25) is 4.79 Å². The summed E-state index contributed by atoms with van der Waals surface area (Å²) in [5, 5.41) is 13.5. The lowest BCUT2D eigenvalue weighted by Crippen LogP contribution is -2.22. The largest absolute Gasteiger partial charge is 0.476 e. The van der Waals surface area contributed by atoms with Crippen LogP contribution in [0.4, 0.5) is 17.2 Å². The van der Waals surface area contributed by atoms with Crippen LogP contribution in [0.1, 0.15) is 13.8 Å². The van der Waals surface area contributed by atoms with E-state index in [1.165, 1.54) is 18.3 Å². The summed E-state index contributed by atoms with van der Waals surface area (Å²) in [6.45, 7) is 5.62. The molecule has 0 aliphatic carbocycles. The average molecular weight is 344 g/mol. The number of aromatic nitrogens is 1. The number of nitrogens with zero attached hydrogens (tertiary/aromatic N) is 3. The van der Waals surface area contributed by atoms with Crippen molar-refractivity contribution in [2.75, 3.05) is 29.9 Å². The highest BCUT2D eigenvalue weighted by atomic mass is 16.6. The second-order valence-corrected chi connectivity index (χ2v) is 5.14. The lowest BCUT2D eigenvalue weighted by atomic mass is 10.2. The molecule has 2 aromatic rings. The maximum Gasteiger partial charge on any atom is 0.406 e. The first-order chi connectivity index (χ1) is 12.0. The minimum atomic E-state index is -0.654. The number of nitrogens with one attached hydrogen (secondary N) is 1. The second kappa shape index (κ2) is 8.62. The van der Waals surface area contributed by atoms with Gasteiger partial charge in [0, 0.05) is 24.5 Å². The second-order valence-electron chi connectivity index (χ2n) is 5.14.